The van der Waals surface area contributed by atoms with Gasteiger partial charge >= 0.3 is 0 Å². The van der Waals surface area contributed by atoms with E-state index in [0.29, 0.717) is 6.54 Å². The molecule has 0 unspecified atom stereocenters. The summed E-state index contributed by atoms with van der Waals surface area (Å²) in [5, 5.41) is 6.17. The van der Waals surface area contributed by atoms with Crippen molar-refractivity contribution < 1.29 is 4.79 Å². The number of rotatable bonds is 4. The average Bonchev–Trinajstić information content (AvgIpc) is 2.54. The van der Waals surface area contributed by atoms with Crippen LogP contribution in [0.4, 0.5) is 11.4 Å². The molecule has 0 atom stereocenters. The molecule has 108 valence electrons. The van der Waals surface area contributed by atoms with E-state index < -0.39 is 0 Å². The Bertz CT molecular complexity index is 622. The second-order valence-electron chi connectivity index (χ2n) is 5.42. The van der Waals surface area contributed by atoms with Crippen molar-refractivity contribution in [1.29, 1.82) is 0 Å². The predicted molar refractivity (Wildman–Crippen MR) is 86.6 cm³/mol. The number of carbonyl (C=O) groups excluding carboxylic acids is 1. The van der Waals surface area contributed by atoms with Gasteiger partial charge in [-0.15, -0.1) is 0 Å². The Morgan fingerprint density at radius 3 is 2.62 bits per heavy atom. The van der Waals surface area contributed by atoms with Crippen molar-refractivity contribution in [3.8, 4) is 0 Å². The number of aryl methyl sites for hydroxylation is 1. The lowest BCUT2D eigenvalue weighted by Crippen LogP contribution is -2.22. The highest BCUT2D eigenvalue weighted by molar-refractivity contribution is 5.93. The Morgan fingerprint density at radius 2 is 1.76 bits per heavy atom. The van der Waals surface area contributed by atoms with Gasteiger partial charge in [-0.1, -0.05) is 30.3 Å². The molecule has 1 aliphatic carbocycles. The molecule has 0 aliphatic heterocycles. The van der Waals surface area contributed by atoms with Gasteiger partial charge in [-0.3, -0.25) is 4.79 Å². The molecule has 0 radical (unpaired) electrons. The van der Waals surface area contributed by atoms with Crippen LogP contribution in [0.15, 0.2) is 48.5 Å². The van der Waals surface area contributed by atoms with Crippen LogP contribution in [0.1, 0.15) is 24.0 Å². The van der Waals surface area contributed by atoms with Crippen LogP contribution in [0.5, 0.6) is 0 Å². The summed E-state index contributed by atoms with van der Waals surface area (Å²) in [5.74, 6) is -0.0189. The zero-order valence-electron chi connectivity index (χ0n) is 12.1. The lowest BCUT2D eigenvalue weighted by molar-refractivity contribution is -0.114. The summed E-state index contributed by atoms with van der Waals surface area (Å²) < 4.78 is 0. The van der Waals surface area contributed by atoms with E-state index in [-0.39, 0.29) is 5.91 Å². The Balaban J connectivity index is 1.61. The first-order chi connectivity index (χ1) is 10.3. The van der Waals surface area contributed by atoms with Crippen molar-refractivity contribution in [2.45, 2.75) is 25.7 Å². The third-order valence-corrected chi connectivity index (χ3v) is 3.89. The van der Waals surface area contributed by atoms with Gasteiger partial charge in [-0.2, -0.15) is 0 Å². The number of anilines is 2. The quantitative estimate of drug-likeness (QED) is 0.898. The lowest BCUT2D eigenvalue weighted by atomic mass is 9.90. The number of para-hydroxylation sites is 1. The van der Waals surface area contributed by atoms with Crippen molar-refractivity contribution in [2.24, 2.45) is 0 Å². The molecule has 3 nitrogen and oxygen atoms in total. The van der Waals surface area contributed by atoms with Crippen molar-refractivity contribution >= 4 is 17.3 Å². The van der Waals surface area contributed by atoms with Gasteiger partial charge in [0.2, 0.25) is 5.91 Å². The second kappa shape index (κ2) is 6.44. The van der Waals surface area contributed by atoms with E-state index >= 15 is 0 Å². The molecule has 0 heterocycles. The zero-order valence-corrected chi connectivity index (χ0v) is 12.1. The molecule has 1 amide bonds. The molecule has 0 saturated heterocycles. The minimum atomic E-state index is -0.0189. The predicted octanol–water partition coefficient (Wildman–Crippen LogP) is 3.62. The normalized spacial score (nSPS) is 13.3. The van der Waals surface area contributed by atoms with E-state index in [9.17, 15) is 4.79 Å². The largest absolute Gasteiger partial charge is 0.376 e. The van der Waals surface area contributed by atoms with Crippen LogP contribution in [0, 0.1) is 0 Å². The van der Waals surface area contributed by atoms with Gasteiger partial charge in [0.25, 0.3) is 0 Å². The summed E-state index contributed by atoms with van der Waals surface area (Å²) >= 11 is 0. The SMILES string of the molecule is O=C(CNc1cccc2c1CCCC2)Nc1ccccc1. The summed E-state index contributed by atoms with van der Waals surface area (Å²) in [7, 11) is 0. The van der Waals surface area contributed by atoms with Crippen molar-refractivity contribution in [3.63, 3.8) is 0 Å². The number of hydrogen-bond donors (Lipinski definition) is 2. The fourth-order valence-electron chi connectivity index (χ4n) is 2.85. The highest BCUT2D eigenvalue weighted by atomic mass is 16.1. The maximum atomic E-state index is 12.0. The van der Waals surface area contributed by atoms with Crippen LogP contribution in [-0.4, -0.2) is 12.5 Å². The van der Waals surface area contributed by atoms with Crippen LogP contribution in [-0.2, 0) is 17.6 Å². The van der Waals surface area contributed by atoms with Gasteiger partial charge in [0.15, 0.2) is 0 Å². The van der Waals surface area contributed by atoms with Gasteiger partial charge in [0, 0.05) is 11.4 Å². The molecule has 2 aromatic carbocycles. The lowest BCUT2D eigenvalue weighted by Gasteiger charge is -2.20. The number of benzene rings is 2. The van der Waals surface area contributed by atoms with E-state index in [1.165, 1.54) is 24.0 Å². The molecule has 0 spiro atoms. The molecular weight excluding hydrogens is 260 g/mol. The Kier molecular flexibility index (Phi) is 4.20. The third kappa shape index (κ3) is 3.43. The minimum absolute atomic E-state index is 0.0189. The number of fused-ring (bicyclic) bond motifs is 1. The maximum absolute atomic E-state index is 12.0. The van der Waals surface area contributed by atoms with Crippen LogP contribution in [0.2, 0.25) is 0 Å². The van der Waals surface area contributed by atoms with Crippen LogP contribution in [0.3, 0.4) is 0 Å². The third-order valence-electron chi connectivity index (χ3n) is 3.89. The van der Waals surface area contributed by atoms with Crippen LogP contribution < -0.4 is 10.6 Å². The summed E-state index contributed by atoms with van der Waals surface area (Å²) in [6.45, 7) is 0.297. The molecule has 3 rings (SSSR count). The Labute approximate surface area is 125 Å². The fraction of sp³-hybridized carbons (Fsp3) is 0.278. The summed E-state index contributed by atoms with van der Waals surface area (Å²) in [6, 6.07) is 15.9. The molecule has 21 heavy (non-hydrogen) atoms. The first-order valence-corrected chi connectivity index (χ1v) is 7.52. The molecule has 0 aromatic heterocycles. The fourth-order valence-corrected chi connectivity index (χ4v) is 2.85. The summed E-state index contributed by atoms with van der Waals surface area (Å²) in [4.78, 5) is 12.0. The molecule has 0 fully saturated rings. The minimum Gasteiger partial charge on any atom is -0.376 e. The molecular formula is C18H20N2O. The van der Waals surface area contributed by atoms with E-state index in [1.807, 2.05) is 30.3 Å². The monoisotopic (exact) mass is 280 g/mol. The maximum Gasteiger partial charge on any atom is 0.243 e. The molecule has 3 heteroatoms. The van der Waals surface area contributed by atoms with E-state index in [4.69, 9.17) is 0 Å². The smallest absolute Gasteiger partial charge is 0.243 e. The standard InChI is InChI=1S/C18H20N2O/c21-18(20-15-9-2-1-3-10-15)13-19-17-12-6-8-14-7-4-5-11-16(14)17/h1-3,6,8-10,12,19H,4-5,7,11,13H2,(H,20,21). The average molecular weight is 280 g/mol. The first-order valence-electron chi connectivity index (χ1n) is 7.52. The van der Waals surface area contributed by atoms with Crippen molar-refractivity contribution in [3.05, 3.63) is 59.7 Å². The van der Waals surface area contributed by atoms with Gasteiger partial charge in [-0.25, -0.2) is 0 Å². The van der Waals surface area contributed by atoms with Crippen LogP contribution in [0.25, 0.3) is 0 Å². The van der Waals surface area contributed by atoms with Gasteiger partial charge in [0.1, 0.15) is 0 Å². The highest BCUT2D eigenvalue weighted by Crippen LogP contribution is 2.27. The topological polar surface area (TPSA) is 41.1 Å². The van der Waals surface area contributed by atoms with E-state index in [2.05, 4.69) is 28.8 Å². The van der Waals surface area contributed by atoms with Crippen molar-refractivity contribution in [1.82, 2.24) is 0 Å². The van der Waals surface area contributed by atoms with Gasteiger partial charge < -0.3 is 10.6 Å². The van der Waals surface area contributed by atoms with Gasteiger partial charge in [0.05, 0.1) is 6.54 Å². The van der Waals surface area contributed by atoms with E-state index in [0.717, 1.165) is 24.2 Å². The summed E-state index contributed by atoms with van der Waals surface area (Å²) in [5.41, 5.74) is 4.75. The van der Waals surface area contributed by atoms with E-state index in [1.54, 1.807) is 0 Å². The summed E-state index contributed by atoms with van der Waals surface area (Å²) in [6.07, 6.45) is 4.77. The number of amides is 1. The first kappa shape index (κ1) is 13.7. The molecule has 1 aliphatic rings. The molecule has 0 bridgehead atoms. The molecule has 2 N–H and O–H groups in total. The van der Waals surface area contributed by atoms with Gasteiger partial charge in [-0.05, 0) is 55.0 Å². The molecule has 2 aromatic rings. The molecule has 0 saturated carbocycles. The van der Waals surface area contributed by atoms with Crippen molar-refractivity contribution in [2.75, 3.05) is 17.2 Å². The zero-order chi connectivity index (χ0) is 14.5. The Morgan fingerprint density at radius 1 is 0.952 bits per heavy atom. The number of nitrogens with one attached hydrogen (secondary N) is 2. The van der Waals surface area contributed by atoms with Crippen LogP contribution >= 0.6 is 0 Å². The number of hydrogen-bond acceptors (Lipinski definition) is 2. The Hall–Kier alpha value is -2.29. The number of carbonyl (C=O) groups is 1. The highest BCUT2D eigenvalue weighted by Gasteiger charge is 2.13. The second-order valence-corrected chi connectivity index (χ2v) is 5.42.